The third-order valence-electron chi connectivity index (χ3n) is 1.49. The van der Waals surface area contributed by atoms with E-state index in [0.717, 1.165) is 24.1 Å². The van der Waals surface area contributed by atoms with Crippen LogP contribution in [-0.2, 0) is 6.42 Å². The van der Waals surface area contributed by atoms with Crippen molar-refractivity contribution in [3.63, 3.8) is 0 Å². The summed E-state index contributed by atoms with van der Waals surface area (Å²) in [7, 11) is 0. The first-order valence-corrected chi connectivity index (χ1v) is 3.56. The molecule has 3 nitrogen and oxygen atoms in total. The minimum Gasteiger partial charge on any atom is -0.298 e. The molecule has 0 amide bonds. The molecule has 0 aliphatic carbocycles. The Morgan fingerprint density at radius 1 is 1.55 bits per heavy atom. The van der Waals surface area contributed by atoms with E-state index in [2.05, 4.69) is 10.2 Å². The van der Waals surface area contributed by atoms with Gasteiger partial charge in [0.05, 0.1) is 11.4 Å². The lowest BCUT2D eigenvalue weighted by Gasteiger charge is -1.98. The van der Waals surface area contributed by atoms with E-state index in [1.807, 2.05) is 13.8 Å². The number of hydrogen-bond acceptors (Lipinski definition) is 3. The molecule has 11 heavy (non-hydrogen) atoms. The summed E-state index contributed by atoms with van der Waals surface area (Å²) in [6.45, 7) is 3.77. The van der Waals surface area contributed by atoms with Crippen LogP contribution in [0.4, 0.5) is 0 Å². The predicted octanol–water partition coefficient (Wildman–Crippen LogP) is 1.16. The molecule has 0 N–H and O–H groups in total. The molecule has 0 aliphatic rings. The van der Waals surface area contributed by atoms with Gasteiger partial charge in [-0.3, -0.25) is 4.79 Å². The summed E-state index contributed by atoms with van der Waals surface area (Å²) in [5, 5.41) is 7.74. The van der Waals surface area contributed by atoms with E-state index in [1.54, 1.807) is 6.07 Å². The summed E-state index contributed by atoms with van der Waals surface area (Å²) in [4.78, 5) is 10.5. The molecule has 0 spiro atoms. The lowest BCUT2D eigenvalue weighted by molar-refractivity contribution is 0.112. The number of aldehydes is 1. The van der Waals surface area contributed by atoms with Crippen molar-refractivity contribution in [1.82, 2.24) is 10.2 Å². The van der Waals surface area contributed by atoms with Crippen molar-refractivity contribution in [3.05, 3.63) is 23.0 Å². The van der Waals surface area contributed by atoms with Gasteiger partial charge < -0.3 is 0 Å². The molecule has 0 bridgehead atoms. The Hall–Kier alpha value is -1.25. The molecule has 0 aromatic carbocycles. The van der Waals surface area contributed by atoms with Crippen LogP contribution in [0.25, 0.3) is 0 Å². The molecule has 0 fully saturated rings. The van der Waals surface area contributed by atoms with Crippen molar-refractivity contribution in [3.8, 4) is 0 Å². The van der Waals surface area contributed by atoms with E-state index in [-0.39, 0.29) is 0 Å². The quantitative estimate of drug-likeness (QED) is 0.594. The van der Waals surface area contributed by atoms with E-state index in [9.17, 15) is 4.79 Å². The molecule has 3 heteroatoms. The zero-order valence-corrected chi connectivity index (χ0v) is 6.66. The minimum atomic E-state index is 0.653. The Morgan fingerprint density at radius 2 is 2.27 bits per heavy atom. The zero-order valence-electron chi connectivity index (χ0n) is 6.66. The van der Waals surface area contributed by atoms with Crippen LogP contribution in [0.15, 0.2) is 6.07 Å². The van der Waals surface area contributed by atoms with Crippen molar-refractivity contribution >= 4 is 6.29 Å². The summed E-state index contributed by atoms with van der Waals surface area (Å²) in [6.07, 6.45) is 1.57. The Bertz CT molecular complexity index is 271. The second-order valence-corrected chi connectivity index (χ2v) is 2.36. The monoisotopic (exact) mass is 150 g/mol. The molecule has 1 aromatic heterocycles. The second-order valence-electron chi connectivity index (χ2n) is 2.36. The molecule has 1 heterocycles. The van der Waals surface area contributed by atoms with Crippen molar-refractivity contribution < 1.29 is 4.79 Å². The summed E-state index contributed by atoms with van der Waals surface area (Å²) in [5.41, 5.74) is 2.20. The van der Waals surface area contributed by atoms with Crippen LogP contribution in [-0.4, -0.2) is 16.5 Å². The second kappa shape index (κ2) is 3.23. The highest BCUT2D eigenvalue weighted by Crippen LogP contribution is 2.03. The number of rotatable bonds is 2. The Labute approximate surface area is 65.5 Å². The fourth-order valence-electron chi connectivity index (χ4n) is 0.911. The number of carbonyl (C=O) groups is 1. The van der Waals surface area contributed by atoms with Crippen LogP contribution in [0.1, 0.15) is 28.7 Å². The average Bonchev–Trinajstić information content (AvgIpc) is 2.04. The summed E-state index contributed by atoms with van der Waals surface area (Å²) < 4.78 is 0. The summed E-state index contributed by atoms with van der Waals surface area (Å²) in [5.74, 6) is 0. The van der Waals surface area contributed by atoms with Crippen LogP contribution in [0, 0.1) is 6.92 Å². The van der Waals surface area contributed by atoms with Gasteiger partial charge in [-0.2, -0.15) is 10.2 Å². The SMILES string of the molecule is CCc1nnc(C)cc1C=O. The van der Waals surface area contributed by atoms with E-state index in [0.29, 0.717) is 5.56 Å². The highest BCUT2D eigenvalue weighted by Gasteiger charge is 2.00. The Balaban J connectivity index is 3.16. The lowest BCUT2D eigenvalue weighted by Crippen LogP contribution is -1.99. The van der Waals surface area contributed by atoms with E-state index in [4.69, 9.17) is 0 Å². The first kappa shape index (κ1) is 7.85. The predicted molar refractivity (Wildman–Crippen MR) is 41.5 cm³/mol. The van der Waals surface area contributed by atoms with Gasteiger partial charge in [0.15, 0.2) is 6.29 Å². The topological polar surface area (TPSA) is 42.9 Å². The maximum Gasteiger partial charge on any atom is 0.152 e. The molecular weight excluding hydrogens is 140 g/mol. The molecule has 0 saturated carbocycles. The number of carbonyl (C=O) groups excluding carboxylic acids is 1. The van der Waals surface area contributed by atoms with Crippen molar-refractivity contribution in [1.29, 1.82) is 0 Å². The van der Waals surface area contributed by atoms with E-state index >= 15 is 0 Å². The van der Waals surface area contributed by atoms with Gasteiger partial charge in [-0.05, 0) is 19.4 Å². The van der Waals surface area contributed by atoms with E-state index < -0.39 is 0 Å². The number of hydrogen-bond donors (Lipinski definition) is 0. The van der Waals surface area contributed by atoms with Crippen LogP contribution < -0.4 is 0 Å². The van der Waals surface area contributed by atoms with E-state index in [1.165, 1.54) is 0 Å². The van der Waals surface area contributed by atoms with Crippen LogP contribution in [0.2, 0.25) is 0 Å². The number of aromatic nitrogens is 2. The highest BCUT2D eigenvalue weighted by molar-refractivity contribution is 5.76. The highest BCUT2D eigenvalue weighted by atomic mass is 16.1. The van der Waals surface area contributed by atoms with Crippen LogP contribution in [0.3, 0.4) is 0 Å². The molecule has 0 radical (unpaired) electrons. The van der Waals surface area contributed by atoms with Gasteiger partial charge in [-0.25, -0.2) is 0 Å². The molecule has 1 rings (SSSR count). The minimum absolute atomic E-state index is 0.653. The van der Waals surface area contributed by atoms with Crippen LogP contribution in [0.5, 0.6) is 0 Å². The molecule has 0 saturated heterocycles. The van der Waals surface area contributed by atoms with Crippen molar-refractivity contribution in [2.24, 2.45) is 0 Å². The van der Waals surface area contributed by atoms with Gasteiger partial charge in [0, 0.05) is 5.56 Å². The van der Waals surface area contributed by atoms with Gasteiger partial charge in [-0.1, -0.05) is 6.92 Å². The molecule has 58 valence electrons. The maximum absolute atomic E-state index is 10.5. The third kappa shape index (κ3) is 1.61. The Morgan fingerprint density at radius 3 is 2.82 bits per heavy atom. The number of nitrogens with zero attached hydrogens (tertiary/aromatic N) is 2. The summed E-state index contributed by atoms with van der Waals surface area (Å²) in [6, 6.07) is 1.75. The lowest BCUT2D eigenvalue weighted by atomic mass is 10.2. The normalized spacial score (nSPS) is 9.64. The smallest absolute Gasteiger partial charge is 0.152 e. The van der Waals surface area contributed by atoms with Gasteiger partial charge in [-0.15, -0.1) is 0 Å². The maximum atomic E-state index is 10.5. The molecule has 0 atom stereocenters. The van der Waals surface area contributed by atoms with Crippen LogP contribution >= 0.6 is 0 Å². The molecule has 1 aromatic rings. The molecule has 0 unspecified atom stereocenters. The van der Waals surface area contributed by atoms with Gasteiger partial charge in [0.1, 0.15) is 0 Å². The zero-order chi connectivity index (χ0) is 8.27. The van der Waals surface area contributed by atoms with Gasteiger partial charge >= 0.3 is 0 Å². The van der Waals surface area contributed by atoms with Gasteiger partial charge in [0.2, 0.25) is 0 Å². The fraction of sp³-hybridized carbons (Fsp3) is 0.375. The van der Waals surface area contributed by atoms with Gasteiger partial charge in [0.25, 0.3) is 0 Å². The Kier molecular flexibility index (Phi) is 2.31. The standard InChI is InChI=1S/C8H10N2O/c1-3-8-7(5-11)4-6(2)9-10-8/h4-5H,3H2,1-2H3. The first-order chi connectivity index (χ1) is 5.27. The molecule has 0 aliphatic heterocycles. The summed E-state index contributed by atoms with van der Waals surface area (Å²) >= 11 is 0. The van der Waals surface area contributed by atoms with Crippen molar-refractivity contribution in [2.45, 2.75) is 20.3 Å². The van der Waals surface area contributed by atoms with Crippen molar-refractivity contribution in [2.75, 3.05) is 0 Å². The first-order valence-electron chi connectivity index (χ1n) is 3.56. The fourth-order valence-corrected chi connectivity index (χ4v) is 0.911. The third-order valence-corrected chi connectivity index (χ3v) is 1.49. The molecular formula is C8H10N2O. The number of aryl methyl sites for hydroxylation is 2. The average molecular weight is 150 g/mol. The largest absolute Gasteiger partial charge is 0.298 e.